The maximum atomic E-state index is 11.7. The van der Waals surface area contributed by atoms with Crippen molar-refractivity contribution < 1.29 is 0 Å². The normalized spacial score (nSPS) is 17.5. The molecule has 1 aliphatic heterocycles. The zero-order chi connectivity index (χ0) is 17.4. The van der Waals surface area contributed by atoms with E-state index in [1.807, 2.05) is 0 Å². The molecule has 0 spiro atoms. The summed E-state index contributed by atoms with van der Waals surface area (Å²) in [4.78, 5) is 20.6. The van der Waals surface area contributed by atoms with Gasteiger partial charge in [0.2, 0.25) is 0 Å². The Balaban J connectivity index is 1.36. The summed E-state index contributed by atoms with van der Waals surface area (Å²) in [5.74, 6) is 0.997. The summed E-state index contributed by atoms with van der Waals surface area (Å²) in [7, 11) is 3.80. The molecule has 0 atom stereocenters. The van der Waals surface area contributed by atoms with Gasteiger partial charge in [-0.2, -0.15) is 5.10 Å². The number of hydrogen-bond acceptors (Lipinski definition) is 6. The molecule has 1 saturated heterocycles. The average Bonchev–Trinajstić information content (AvgIpc) is 2.57. The Labute approximate surface area is 147 Å². The third-order valence-corrected chi connectivity index (χ3v) is 5.31. The molecule has 3 heterocycles. The van der Waals surface area contributed by atoms with Crippen LogP contribution in [0, 0.1) is 0 Å². The van der Waals surface area contributed by atoms with Crippen LogP contribution in [-0.2, 0) is 26.4 Å². The molecule has 7 heteroatoms. The maximum absolute atomic E-state index is 11.7. The molecule has 1 fully saturated rings. The molecule has 2 aromatic heterocycles. The molecular formula is C18H24N6O. The summed E-state index contributed by atoms with van der Waals surface area (Å²) < 4.78 is 1.49. The fraction of sp³-hybridized carbons (Fsp3) is 0.556. The summed E-state index contributed by atoms with van der Waals surface area (Å²) in [6.07, 6.45) is 6.27. The molecule has 4 rings (SSSR count). The Kier molecular flexibility index (Phi) is 4.25. The first-order valence-corrected chi connectivity index (χ1v) is 8.92. The molecule has 0 radical (unpaired) electrons. The Bertz CT molecular complexity index is 827. The summed E-state index contributed by atoms with van der Waals surface area (Å²) in [5.41, 5.74) is 3.36. The summed E-state index contributed by atoms with van der Waals surface area (Å²) in [5, 5.41) is 8.84. The van der Waals surface area contributed by atoms with Gasteiger partial charge in [-0.1, -0.05) is 0 Å². The molecule has 2 aromatic rings. The molecule has 0 unspecified atom stereocenters. The molecule has 25 heavy (non-hydrogen) atoms. The van der Waals surface area contributed by atoms with Crippen molar-refractivity contribution in [1.29, 1.82) is 0 Å². The third kappa shape index (κ3) is 3.28. The summed E-state index contributed by atoms with van der Waals surface area (Å²) >= 11 is 0. The van der Waals surface area contributed by atoms with Crippen LogP contribution < -0.4 is 10.5 Å². The Morgan fingerprint density at radius 3 is 2.80 bits per heavy atom. The Morgan fingerprint density at radius 1 is 1.20 bits per heavy atom. The standard InChI is InChI=1S/C18H24N6O/c1-22(9-14-8-18(25)23(2)12-19-14)15-10-24(11-15)17-7-13-5-3-4-6-16(13)20-21-17/h7-8,12,15H,3-6,9-11H2,1-2H3. The number of aryl methyl sites for hydroxylation is 3. The minimum atomic E-state index is -0.0158. The molecule has 0 aromatic carbocycles. The largest absolute Gasteiger partial charge is 0.352 e. The van der Waals surface area contributed by atoms with Gasteiger partial charge in [0.1, 0.15) is 0 Å². The van der Waals surface area contributed by atoms with E-state index in [9.17, 15) is 4.79 Å². The van der Waals surface area contributed by atoms with E-state index < -0.39 is 0 Å². The minimum absolute atomic E-state index is 0.0158. The van der Waals surface area contributed by atoms with Crippen LogP contribution in [0.5, 0.6) is 0 Å². The van der Waals surface area contributed by atoms with Crippen molar-refractivity contribution in [3.63, 3.8) is 0 Å². The average molecular weight is 340 g/mol. The Morgan fingerprint density at radius 2 is 2.00 bits per heavy atom. The van der Waals surface area contributed by atoms with Crippen LogP contribution in [0.1, 0.15) is 29.8 Å². The van der Waals surface area contributed by atoms with Gasteiger partial charge < -0.3 is 9.47 Å². The quantitative estimate of drug-likeness (QED) is 0.819. The number of likely N-dealkylation sites (N-methyl/N-ethyl adjacent to an activating group) is 1. The predicted molar refractivity (Wildman–Crippen MR) is 95.6 cm³/mol. The highest BCUT2D eigenvalue weighted by atomic mass is 16.1. The van der Waals surface area contributed by atoms with E-state index in [1.165, 1.54) is 28.7 Å². The maximum Gasteiger partial charge on any atom is 0.253 e. The van der Waals surface area contributed by atoms with E-state index in [0.29, 0.717) is 12.6 Å². The second-order valence-electron chi connectivity index (χ2n) is 7.18. The van der Waals surface area contributed by atoms with Gasteiger partial charge in [0, 0.05) is 38.8 Å². The number of rotatable bonds is 4. The van der Waals surface area contributed by atoms with E-state index in [4.69, 9.17) is 0 Å². The molecule has 132 valence electrons. The summed E-state index contributed by atoms with van der Waals surface area (Å²) in [6, 6.07) is 4.28. The van der Waals surface area contributed by atoms with Crippen molar-refractivity contribution >= 4 is 5.82 Å². The van der Waals surface area contributed by atoms with Gasteiger partial charge >= 0.3 is 0 Å². The molecular weight excluding hydrogens is 316 g/mol. The number of aromatic nitrogens is 4. The lowest BCUT2D eigenvalue weighted by molar-refractivity contribution is 0.194. The predicted octanol–water partition coefficient (Wildman–Crippen LogP) is 0.770. The molecule has 7 nitrogen and oxygen atoms in total. The van der Waals surface area contributed by atoms with Gasteiger partial charge in [-0.15, -0.1) is 5.10 Å². The van der Waals surface area contributed by atoms with E-state index >= 15 is 0 Å². The number of hydrogen-bond donors (Lipinski definition) is 0. The summed E-state index contributed by atoms with van der Waals surface area (Å²) in [6.45, 7) is 2.56. The lowest BCUT2D eigenvalue weighted by atomic mass is 9.96. The van der Waals surface area contributed by atoms with Crippen LogP contribution >= 0.6 is 0 Å². The van der Waals surface area contributed by atoms with Crippen molar-refractivity contribution in [2.75, 3.05) is 25.0 Å². The lowest BCUT2D eigenvalue weighted by Crippen LogP contribution is -2.58. The van der Waals surface area contributed by atoms with Crippen molar-refractivity contribution in [3.05, 3.63) is 45.8 Å². The fourth-order valence-corrected chi connectivity index (χ4v) is 3.52. The molecule has 0 bridgehead atoms. The van der Waals surface area contributed by atoms with Crippen molar-refractivity contribution in [2.24, 2.45) is 7.05 Å². The van der Waals surface area contributed by atoms with Gasteiger partial charge in [-0.05, 0) is 44.4 Å². The van der Waals surface area contributed by atoms with E-state index in [2.05, 4.69) is 38.1 Å². The first-order chi connectivity index (χ1) is 12.1. The zero-order valence-electron chi connectivity index (χ0n) is 14.9. The Hall–Kier alpha value is -2.28. The molecule has 0 N–H and O–H groups in total. The topological polar surface area (TPSA) is 67.2 Å². The SMILES string of the molecule is CN(Cc1cc(=O)n(C)cn1)C1CN(c2cc3c(nn2)CCCC3)C1. The fourth-order valence-electron chi connectivity index (χ4n) is 3.52. The van der Waals surface area contributed by atoms with Crippen molar-refractivity contribution in [3.8, 4) is 0 Å². The number of fused-ring (bicyclic) bond motifs is 1. The van der Waals surface area contributed by atoms with Crippen LogP contribution in [0.15, 0.2) is 23.3 Å². The van der Waals surface area contributed by atoms with Gasteiger partial charge in [-0.3, -0.25) is 9.69 Å². The molecule has 0 saturated carbocycles. The first-order valence-electron chi connectivity index (χ1n) is 8.92. The van der Waals surface area contributed by atoms with E-state index in [1.54, 1.807) is 19.4 Å². The molecule has 0 amide bonds. The monoisotopic (exact) mass is 340 g/mol. The highest BCUT2D eigenvalue weighted by Gasteiger charge is 2.31. The van der Waals surface area contributed by atoms with Gasteiger partial charge in [-0.25, -0.2) is 4.98 Å². The van der Waals surface area contributed by atoms with Crippen molar-refractivity contribution in [1.82, 2.24) is 24.6 Å². The second-order valence-corrected chi connectivity index (χ2v) is 7.18. The third-order valence-electron chi connectivity index (χ3n) is 5.31. The highest BCUT2D eigenvalue weighted by Crippen LogP contribution is 2.26. The van der Waals surface area contributed by atoms with Crippen LogP contribution in [0.2, 0.25) is 0 Å². The van der Waals surface area contributed by atoms with Gasteiger partial charge in [0.05, 0.1) is 17.7 Å². The zero-order valence-corrected chi connectivity index (χ0v) is 14.9. The first kappa shape index (κ1) is 16.2. The van der Waals surface area contributed by atoms with E-state index in [0.717, 1.165) is 37.4 Å². The van der Waals surface area contributed by atoms with Crippen LogP contribution in [0.3, 0.4) is 0 Å². The van der Waals surface area contributed by atoms with Gasteiger partial charge in [0.25, 0.3) is 5.56 Å². The lowest BCUT2D eigenvalue weighted by Gasteiger charge is -2.44. The number of nitrogens with zero attached hydrogens (tertiary/aromatic N) is 6. The van der Waals surface area contributed by atoms with Crippen LogP contribution in [0.4, 0.5) is 5.82 Å². The van der Waals surface area contributed by atoms with E-state index in [-0.39, 0.29) is 5.56 Å². The molecule has 2 aliphatic rings. The smallest absolute Gasteiger partial charge is 0.253 e. The highest BCUT2D eigenvalue weighted by molar-refractivity contribution is 5.45. The van der Waals surface area contributed by atoms with Gasteiger partial charge in [0.15, 0.2) is 5.82 Å². The minimum Gasteiger partial charge on any atom is -0.352 e. The van der Waals surface area contributed by atoms with Crippen LogP contribution in [0.25, 0.3) is 0 Å². The number of anilines is 1. The van der Waals surface area contributed by atoms with Crippen LogP contribution in [-0.4, -0.2) is 50.8 Å². The second kappa shape index (κ2) is 6.55. The van der Waals surface area contributed by atoms with Crippen molar-refractivity contribution in [2.45, 2.75) is 38.3 Å². The molecule has 1 aliphatic carbocycles.